The Kier molecular flexibility index (Phi) is 6.90. The highest BCUT2D eigenvalue weighted by atomic mass is 32.2. The van der Waals surface area contributed by atoms with Gasteiger partial charge in [0.05, 0.1) is 11.5 Å². The fourth-order valence-corrected chi connectivity index (χ4v) is 6.87. The third kappa shape index (κ3) is 4.65. The molecular formula is C18H19N7O6S3. The van der Waals surface area contributed by atoms with Crippen molar-refractivity contribution < 1.29 is 24.4 Å². The molecule has 0 radical (unpaired) electrons. The van der Waals surface area contributed by atoms with Crippen LogP contribution in [0.1, 0.15) is 17.1 Å². The highest BCUT2D eigenvalue weighted by Gasteiger charge is 2.54. The number of amides is 2. The molecule has 0 spiro atoms. The van der Waals surface area contributed by atoms with Crippen LogP contribution in [-0.2, 0) is 20.9 Å². The summed E-state index contributed by atoms with van der Waals surface area (Å²) in [5.41, 5.74) is 0.761. The van der Waals surface area contributed by atoms with Crippen molar-refractivity contribution >= 4 is 58.3 Å². The zero-order valence-electron chi connectivity index (χ0n) is 18.0. The maximum Gasteiger partial charge on any atom is 0.352 e. The van der Waals surface area contributed by atoms with E-state index in [-0.39, 0.29) is 24.4 Å². The molecule has 2 aliphatic rings. The predicted molar refractivity (Wildman–Crippen MR) is 123 cm³/mol. The number of nitrogens with zero attached hydrogens (tertiary/aromatic N) is 6. The van der Waals surface area contributed by atoms with E-state index in [9.17, 15) is 29.6 Å². The van der Waals surface area contributed by atoms with Gasteiger partial charge in [-0.05, 0) is 19.4 Å². The molecule has 2 aromatic heterocycles. The Bertz CT molecular complexity index is 1210. The summed E-state index contributed by atoms with van der Waals surface area (Å²) >= 11 is 4.17. The number of hydrogen-bond acceptors (Lipinski definition) is 11. The van der Waals surface area contributed by atoms with Crippen LogP contribution >= 0.6 is 34.9 Å². The zero-order chi connectivity index (χ0) is 24.6. The molecule has 2 atom stereocenters. The van der Waals surface area contributed by atoms with Gasteiger partial charge in [0, 0.05) is 17.9 Å². The minimum atomic E-state index is -1.19. The van der Waals surface area contributed by atoms with Gasteiger partial charge in [-0.15, -0.1) is 22.0 Å². The maximum absolute atomic E-state index is 12.8. The molecular weight excluding hydrogens is 506 g/mol. The molecule has 0 bridgehead atoms. The number of carboxylic acid groups (broad SMARTS) is 1. The van der Waals surface area contributed by atoms with E-state index >= 15 is 0 Å². The Morgan fingerprint density at radius 1 is 1.38 bits per heavy atom. The minimum Gasteiger partial charge on any atom is -0.477 e. The molecule has 34 heavy (non-hydrogen) atoms. The van der Waals surface area contributed by atoms with E-state index < -0.39 is 34.1 Å². The first-order valence-electron chi connectivity index (χ1n) is 9.96. The second kappa shape index (κ2) is 9.71. The lowest BCUT2D eigenvalue weighted by molar-refractivity contribution is -0.385. The van der Waals surface area contributed by atoms with E-state index in [2.05, 4.69) is 20.6 Å². The molecule has 4 heterocycles. The number of nitro groups is 1. The number of carboxylic acids is 1. The van der Waals surface area contributed by atoms with E-state index in [1.807, 2.05) is 6.92 Å². The summed E-state index contributed by atoms with van der Waals surface area (Å²) in [6.07, 6.45) is 1.09. The third-order valence-corrected chi connectivity index (χ3v) is 8.67. The number of aliphatic carboxylic acids is 1. The van der Waals surface area contributed by atoms with Gasteiger partial charge in [-0.2, -0.15) is 5.10 Å². The molecule has 2 amide bonds. The number of thioether (sulfide) groups is 2. The van der Waals surface area contributed by atoms with Gasteiger partial charge in [-0.25, -0.2) is 4.79 Å². The molecule has 2 unspecified atom stereocenters. The fraction of sp³-hybridized carbons (Fsp3) is 0.444. The maximum atomic E-state index is 12.8. The second-order valence-corrected chi connectivity index (χ2v) is 10.9. The van der Waals surface area contributed by atoms with Crippen LogP contribution in [0.15, 0.2) is 21.8 Å². The molecule has 2 N–H and O–H groups in total. The van der Waals surface area contributed by atoms with Crippen LogP contribution in [0, 0.1) is 24.0 Å². The third-order valence-electron chi connectivity index (χ3n) is 5.27. The fourth-order valence-electron chi connectivity index (χ4n) is 3.57. The summed E-state index contributed by atoms with van der Waals surface area (Å²) in [5.74, 6) is -1.33. The molecule has 0 aromatic carbocycles. The van der Waals surface area contributed by atoms with E-state index in [1.165, 1.54) is 51.4 Å². The number of carbonyl (C=O) groups is 3. The average Bonchev–Trinajstić information content (AvgIpc) is 3.38. The minimum absolute atomic E-state index is 0.0361. The lowest BCUT2D eigenvalue weighted by atomic mass is 10.0. The summed E-state index contributed by atoms with van der Waals surface area (Å²) in [6.45, 7) is 3.48. The largest absolute Gasteiger partial charge is 0.477 e. The lowest BCUT2D eigenvalue weighted by Crippen LogP contribution is -2.70. The standard InChI is InChI=1S/C18H19N7O6S3/c1-8-11(25(30)31)5-19-23(8)4-3-12(26)20-13-15(27)24-14(17(28)29)10(6-32-16(13)24)7-33-18-22-21-9(2)34-18/h5,13,16H,3-4,6-7H2,1-2H3,(H,20,26)(H,28,29). The molecule has 4 rings (SSSR count). The molecule has 0 aliphatic carbocycles. The van der Waals surface area contributed by atoms with Gasteiger partial charge in [-0.1, -0.05) is 23.1 Å². The van der Waals surface area contributed by atoms with Crippen LogP contribution in [0.3, 0.4) is 0 Å². The molecule has 1 fully saturated rings. The molecule has 180 valence electrons. The van der Waals surface area contributed by atoms with E-state index in [1.54, 1.807) is 0 Å². The van der Waals surface area contributed by atoms with Gasteiger partial charge in [0.15, 0.2) is 4.34 Å². The van der Waals surface area contributed by atoms with E-state index in [0.29, 0.717) is 22.8 Å². The summed E-state index contributed by atoms with van der Waals surface area (Å²) in [7, 11) is 0. The molecule has 13 nitrogen and oxygen atoms in total. The van der Waals surface area contributed by atoms with Crippen molar-refractivity contribution in [2.24, 2.45) is 0 Å². The topological polar surface area (TPSA) is 173 Å². The molecule has 0 saturated carbocycles. The van der Waals surface area contributed by atoms with Crippen molar-refractivity contribution in [3.8, 4) is 0 Å². The number of rotatable bonds is 9. The van der Waals surface area contributed by atoms with Crippen molar-refractivity contribution in [1.82, 2.24) is 30.2 Å². The normalized spacial score (nSPS) is 19.6. The lowest BCUT2D eigenvalue weighted by Gasteiger charge is -2.49. The smallest absolute Gasteiger partial charge is 0.352 e. The van der Waals surface area contributed by atoms with Crippen LogP contribution < -0.4 is 5.32 Å². The highest BCUT2D eigenvalue weighted by Crippen LogP contribution is 2.41. The first-order chi connectivity index (χ1) is 16.2. The monoisotopic (exact) mass is 525 g/mol. The van der Waals surface area contributed by atoms with Crippen molar-refractivity contribution in [2.75, 3.05) is 11.5 Å². The first kappa shape index (κ1) is 24.2. The highest BCUT2D eigenvalue weighted by molar-refractivity contribution is 8.01. The number of β-lactam (4-membered cyclic amide) rings is 1. The van der Waals surface area contributed by atoms with Gasteiger partial charge in [-0.3, -0.25) is 29.3 Å². The Hall–Kier alpha value is -2.98. The quantitative estimate of drug-likeness (QED) is 0.208. The van der Waals surface area contributed by atoms with Crippen molar-refractivity contribution in [3.63, 3.8) is 0 Å². The summed E-state index contributed by atoms with van der Waals surface area (Å²) in [5, 5.41) is 35.5. The molecule has 16 heteroatoms. The summed E-state index contributed by atoms with van der Waals surface area (Å²) in [4.78, 5) is 48.7. The summed E-state index contributed by atoms with van der Waals surface area (Å²) < 4.78 is 2.08. The molecule has 2 aliphatic heterocycles. The van der Waals surface area contributed by atoms with Gasteiger partial charge in [0.2, 0.25) is 5.91 Å². The zero-order valence-corrected chi connectivity index (χ0v) is 20.4. The average molecular weight is 526 g/mol. The Labute approximate surface area is 205 Å². The second-order valence-electron chi connectivity index (χ2n) is 7.43. The number of fused-ring (bicyclic) bond motifs is 1. The van der Waals surface area contributed by atoms with Crippen LogP contribution in [0.5, 0.6) is 0 Å². The van der Waals surface area contributed by atoms with Gasteiger partial charge in [0.1, 0.15) is 34.0 Å². The van der Waals surface area contributed by atoms with Crippen molar-refractivity contribution in [1.29, 1.82) is 0 Å². The number of nitrogens with one attached hydrogen (secondary N) is 1. The molecule has 2 aromatic rings. The Morgan fingerprint density at radius 2 is 2.15 bits per heavy atom. The Morgan fingerprint density at radius 3 is 2.76 bits per heavy atom. The number of aryl methyl sites for hydroxylation is 2. The van der Waals surface area contributed by atoms with Crippen LogP contribution in [0.2, 0.25) is 0 Å². The van der Waals surface area contributed by atoms with Crippen LogP contribution in [0.4, 0.5) is 5.69 Å². The van der Waals surface area contributed by atoms with Gasteiger partial charge < -0.3 is 10.4 Å². The van der Waals surface area contributed by atoms with E-state index in [0.717, 1.165) is 15.5 Å². The van der Waals surface area contributed by atoms with Gasteiger partial charge in [0.25, 0.3) is 5.91 Å². The number of carbonyl (C=O) groups excluding carboxylic acids is 2. The predicted octanol–water partition coefficient (Wildman–Crippen LogP) is 1.18. The Balaban J connectivity index is 1.37. The number of hydrogen-bond donors (Lipinski definition) is 2. The first-order valence-corrected chi connectivity index (χ1v) is 12.8. The molecule has 1 saturated heterocycles. The number of aromatic nitrogens is 4. The van der Waals surface area contributed by atoms with Gasteiger partial charge >= 0.3 is 11.7 Å². The SMILES string of the molecule is Cc1nnc(SCC2=C(C(=O)O)N3C(=O)C(NC(=O)CCn4ncc([N+](=O)[O-])c4C)C3SC2)s1. The summed E-state index contributed by atoms with van der Waals surface area (Å²) in [6, 6.07) is -0.833. The van der Waals surface area contributed by atoms with Crippen LogP contribution in [-0.4, -0.2) is 75.6 Å². The van der Waals surface area contributed by atoms with Crippen molar-refractivity contribution in [2.45, 2.75) is 42.6 Å². The van der Waals surface area contributed by atoms with Crippen molar-refractivity contribution in [3.05, 3.63) is 38.3 Å². The van der Waals surface area contributed by atoms with Crippen LogP contribution in [0.25, 0.3) is 0 Å². The van der Waals surface area contributed by atoms with E-state index in [4.69, 9.17) is 0 Å².